The van der Waals surface area contributed by atoms with Crippen molar-refractivity contribution >= 4 is 33.0 Å². The third-order valence-corrected chi connectivity index (χ3v) is 4.78. The fourth-order valence-electron chi connectivity index (χ4n) is 3.23. The molecular weight excluding hydrogens is 294 g/mol. The molecule has 0 fully saturated rings. The van der Waals surface area contributed by atoms with Crippen molar-refractivity contribution in [3.8, 4) is 0 Å². The molecule has 0 bridgehead atoms. The van der Waals surface area contributed by atoms with Gasteiger partial charge in [0.2, 0.25) is 0 Å². The van der Waals surface area contributed by atoms with E-state index in [4.69, 9.17) is 4.98 Å². The fraction of sp³-hybridized carbons (Fsp3) is 0.471. The zero-order valence-electron chi connectivity index (χ0n) is 13.7. The predicted octanol–water partition coefficient (Wildman–Crippen LogP) is 3.83. The Morgan fingerprint density at radius 1 is 1.23 bits per heavy atom. The van der Waals surface area contributed by atoms with Gasteiger partial charge in [-0.2, -0.15) is 0 Å². The molecule has 0 saturated carbocycles. The molecule has 0 radical (unpaired) electrons. The summed E-state index contributed by atoms with van der Waals surface area (Å²) in [6.07, 6.45) is 3.17. The lowest BCUT2D eigenvalue weighted by Gasteiger charge is -2.41. The average Bonchev–Trinajstić information content (AvgIpc) is 2.77. The first-order valence-corrected chi connectivity index (χ1v) is 8.27. The molecule has 4 nitrogen and oxygen atoms in total. The van der Waals surface area contributed by atoms with E-state index >= 15 is 0 Å². The molecule has 0 amide bonds. The summed E-state index contributed by atoms with van der Waals surface area (Å²) in [4.78, 5) is 21.4. The van der Waals surface area contributed by atoms with Gasteiger partial charge in [-0.25, -0.2) is 9.97 Å². The highest BCUT2D eigenvalue weighted by atomic mass is 32.1. The number of aromatic nitrogens is 2. The SMILES string of the molecule is CC(=O)c1nc2ccc(C3=CC(C)(C)NC(C)(C)C3)nc2s1. The van der Waals surface area contributed by atoms with Gasteiger partial charge in [0, 0.05) is 18.0 Å². The quantitative estimate of drug-likeness (QED) is 0.856. The van der Waals surface area contributed by atoms with Crippen LogP contribution in [0.25, 0.3) is 15.9 Å². The molecule has 0 aromatic carbocycles. The second-order valence-corrected chi connectivity index (χ2v) is 8.15. The highest BCUT2D eigenvalue weighted by Crippen LogP contribution is 2.34. The molecule has 1 aliphatic heterocycles. The first-order valence-electron chi connectivity index (χ1n) is 7.45. The third kappa shape index (κ3) is 2.96. The van der Waals surface area contributed by atoms with Crippen LogP contribution in [0.3, 0.4) is 0 Å². The van der Waals surface area contributed by atoms with Crippen LogP contribution < -0.4 is 5.32 Å². The molecule has 3 heterocycles. The molecule has 116 valence electrons. The van der Waals surface area contributed by atoms with Crippen LogP contribution in [0, 0.1) is 0 Å². The van der Waals surface area contributed by atoms with Crippen molar-refractivity contribution < 1.29 is 4.79 Å². The number of carbonyl (C=O) groups excluding carboxylic acids is 1. The Hall–Kier alpha value is -1.59. The van der Waals surface area contributed by atoms with E-state index in [9.17, 15) is 4.79 Å². The number of Topliss-reactive ketones (excluding diaryl/α,β-unsaturated/α-hetero) is 1. The van der Waals surface area contributed by atoms with Gasteiger partial charge in [-0.3, -0.25) is 4.79 Å². The van der Waals surface area contributed by atoms with Gasteiger partial charge in [-0.1, -0.05) is 17.4 Å². The van der Waals surface area contributed by atoms with E-state index in [1.807, 2.05) is 12.1 Å². The van der Waals surface area contributed by atoms with Crippen molar-refractivity contribution in [2.75, 3.05) is 0 Å². The van der Waals surface area contributed by atoms with Crippen LogP contribution in [-0.2, 0) is 0 Å². The molecule has 0 saturated heterocycles. The summed E-state index contributed by atoms with van der Waals surface area (Å²) in [7, 11) is 0. The summed E-state index contributed by atoms with van der Waals surface area (Å²) in [5.74, 6) is -0.00658. The molecule has 2 aromatic heterocycles. The maximum atomic E-state index is 11.5. The summed E-state index contributed by atoms with van der Waals surface area (Å²) in [6.45, 7) is 10.3. The van der Waals surface area contributed by atoms with E-state index in [2.05, 4.69) is 44.1 Å². The second-order valence-electron chi connectivity index (χ2n) is 7.17. The van der Waals surface area contributed by atoms with Gasteiger partial charge in [0.15, 0.2) is 10.8 Å². The summed E-state index contributed by atoms with van der Waals surface area (Å²) >= 11 is 1.37. The molecule has 2 aromatic rings. The normalized spacial score (nSPS) is 20.0. The number of hydrogen-bond acceptors (Lipinski definition) is 5. The zero-order chi connectivity index (χ0) is 16.1. The van der Waals surface area contributed by atoms with Gasteiger partial charge < -0.3 is 5.32 Å². The second kappa shape index (κ2) is 4.96. The first kappa shape index (κ1) is 15.3. The van der Waals surface area contributed by atoms with Crippen LogP contribution in [0.5, 0.6) is 0 Å². The Morgan fingerprint density at radius 2 is 1.95 bits per heavy atom. The highest BCUT2D eigenvalue weighted by molar-refractivity contribution is 7.19. The molecule has 0 unspecified atom stereocenters. The number of ketones is 1. The first-order chi connectivity index (χ1) is 10.2. The van der Waals surface area contributed by atoms with E-state index in [0.717, 1.165) is 22.5 Å². The fourth-order valence-corrected chi connectivity index (χ4v) is 4.06. The van der Waals surface area contributed by atoms with Crippen molar-refractivity contribution in [1.29, 1.82) is 0 Å². The van der Waals surface area contributed by atoms with Gasteiger partial charge >= 0.3 is 0 Å². The van der Waals surface area contributed by atoms with Crippen molar-refractivity contribution in [3.05, 3.63) is 28.9 Å². The topological polar surface area (TPSA) is 54.9 Å². The Balaban J connectivity index is 2.06. The van der Waals surface area contributed by atoms with E-state index in [-0.39, 0.29) is 16.9 Å². The van der Waals surface area contributed by atoms with Crippen molar-refractivity contribution in [1.82, 2.24) is 15.3 Å². The maximum absolute atomic E-state index is 11.5. The lowest BCUT2D eigenvalue weighted by Crippen LogP contribution is -2.53. The van der Waals surface area contributed by atoms with Gasteiger partial charge in [0.05, 0.1) is 5.69 Å². The number of nitrogens with one attached hydrogen (secondary N) is 1. The lowest BCUT2D eigenvalue weighted by molar-refractivity contribution is 0.101. The van der Waals surface area contributed by atoms with E-state index in [1.165, 1.54) is 16.9 Å². The van der Waals surface area contributed by atoms with Crippen LogP contribution in [0.15, 0.2) is 18.2 Å². The minimum Gasteiger partial charge on any atom is -0.303 e. The summed E-state index contributed by atoms with van der Waals surface area (Å²) in [5.41, 5.74) is 2.99. The van der Waals surface area contributed by atoms with Crippen LogP contribution >= 0.6 is 11.3 Å². The van der Waals surface area contributed by atoms with E-state index in [0.29, 0.717) is 5.01 Å². The lowest BCUT2D eigenvalue weighted by atomic mass is 9.82. The summed E-state index contributed by atoms with van der Waals surface area (Å²) < 4.78 is 0. The zero-order valence-corrected chi connectivity index (χ0v) is 14.5. The molecule has 1 aliphatic rings. The van der Waals surface area contributed by atoms with Crippen molar-refractivity contribution in [2.24, 2.45) is 0 Å². The maximum Gasteiger partial charge on any atom is 0.188 e. The summed E-state index contributed by atoms with van der Waals surface area (Å²) in [5, 5.41) is 4.16. The van der Waals surface area contributed by atoms with Crippen molar-refractivity contribution in [3.63, 3.8) is 0 Å². The Bertz CT molecular complexity index is 786. The number of thiazole rings is 1. The summed E-state index contributed by atoms with van der Waals surface area (Å²) in [6, 6.07) is 3.97. The van der Waals surface area contributed by atoms with Gasteiger partial charge in [0.1, 0.15) is 10.3 Å². The number of carbonyl (C=O) groups is 1. The number of rotatable bonds is 2. The van der Waals surface area contributed by atoms with Gasteiger partial charge in [-0.05, 0) is 51.8 Å². The number of nitrogens with zero attached hydrogens (tertiary/aromatic N) is 2. The highest BCUT2D eigenvalue weighted by Gasteiger charge is 2.32. The molecular formula is C17H21N3OS. The monoisotopic (exact) mass is 315 g/mol. The minimum absolute atomic E-state index is 0.00658. The number of pyridine rings is 1. The molecule has 1 N–H and O–H groups in total. The Kier molecular flexibility index (Phi) is 3.45. The van der Waals surface area contributed by atoms with Crippen LogP contribution in [-0.4, -0.2) is 26.8 Å². The van der Waals surface area contributed by atoms with E-state index < -0.39 is 0 Å². The molecule has 0 spiro atoms. The molecule has 5 heteroatoms. The van der Waals surface area contributed by atoms with Crippen LogP contribution in [0.1, 0.15) is 56.5 Å². The molecule has 0 aliphatic carbocycles. The van der Waals surface area contributed by atoms with Gasteiger partial charge in [-0.15, -0.1) is 0 Å². The minimum atomic E-state index is -0.0635. The van der Waals surface area contributed by atoms with Crippen LogP contribution in [0.4, 0.5) is 0 Å². The Morgan fingerprint density at radius 3 is 2.59 bits per heavy atom. The Labute approximate surface area is 134 Å². The standard InChI is InChI=1S/C17H21N3OS/c1-10(21)14-19-13-7-6-12(18-15(13)22-14)11-8-16(2,3)20-17(4,5)9-11/h6-8,20H,9H2,1-5H3. The average molecular weight is 315 g/mol. The van der Waals surface area contributed by atoms with E-state index in [1.54, 1.807) is 6.92 Å². The largest absolute Gasteiger partial charge is 0.303 e. The van der Waals surface area contributed by atoms with Crippen molar-refractivity contribution in [2.45, 2.75) is 52.1 Å². The molecule has 22 heavy (non-hydrogen) atoms. The van der Waals surface area contributed by atoms with Gasteiger partial charge in [0.25, 0.3) is 0 Å². The number of fused-ring (bicyclic) bond motifs is 1. The predicted molar refractivity (Wildman–Crippen MR) is 91.3 cm³/mol. The molecule has 0 atom stereocenters. The molecule has 3 rings (SSSR count). The smallest absolute Gasteiger partial charge is 0.188 e. The third-order valence-electron chi connectivity index (χ3n) is 3.71. The van der Waals surface area contributed by atoms with Crippen LogP contribution in [0.2, 0.25) is 0 Å². The number of hydrogen-bond donors (Lipinski definition) is 1.